The van der Waals surface area contributed by atoms with E-state index >= 15 is 0 Å². The quantitative estimate of drug-likeness (QED) is 0.810. The van der Waals surface area contributed by atoms with Crippen molar-refractivity contribution in [3.8, 4) is 5.88 Å². The van der Waals surface area contributed by atoms with E-state index in [4.69, 9.17) is 4.74 Å². The summed E-state index contributed by atoms with van der Waals surface area (Å²) in [4.78, 5) is 31.5. The van der Waals surface area contributed by atoms with Crippen LogP contribution >= 0.6 is 0 Å². The second-order valence-electron chi connectivity index (χ2n) is 6.75. The molecule has 1 aliphatic rings. The number of benzene rings is 1. The molecule has 0 aliphatic carbocycles. The number of aromatic nitrogens is 2. The summed E-state index contributed by atoms with van der Waals surface area (Å²) in [5, 5.41) is 3.00. The highest BCUT2D eigenvalue weighted by molar-refractivity contribution is 6.03. The number of anilines is 1. The number of methoxy groups -OCH3 is 1. The predicted octanol–water partition coefficient (Wildman–Crippen LogP) is 2.87. The molecule has 0 unspecified atom stereocenters. The van der Waals surface area contributed by atoms with Crippen molar-refractivity contribution >= 4 is 11.6 Å². The molecule has 0 fully saturated rings. The molecule has 1 amide bonds. The molecule has 2 aromatic rings. The molecule has 2 N–H and O–H groups in total. The van der Waals surface area contributed by atoms with E-state index in [2.05, 4.69) is 35.2 Å². The van der Waals surface area contributed by atoms with Crippen molar-refractivity contribution in [2.45, 2.75) is 39.5 Å². The van der Waals surface area contributed by atoms with Gasteiger partial charge in [-0.3, -0.25) is 9.59 Å². The average Bonchev–Trinajstić information content (AvgIpc) is 2.92. The summed E-state index contributed by atoms with van der Waals surface area (Å²) in [7, 11) is 1.50. The maximum atomic E-state index is 12.6. The van der Waals surface area contributed by atoms with Gasteiger partial charge in [-0.2, -0.15) is 0 Å². The third-order valence-electron chi connectivity index (χ3n) is 4.58. The van der Waals surface area contributed by atoms with E-state index in [1.54, 1.807) is 6.92 Å². The number of fused-ring (bicyclic) bond motifs is 1. The van der Waals surface area contributed by atoms with Crippen molar-refractivity contribution in [3.05, 3.63) is 62.7 Å². The molecule has 1 aromatic carbocycles. The zero-order valence-electron chi connectivity index (χ0n) is 15.5. The summed E-state index contributed by atoms with van der Waals surface area (Å²) in [6, 6.07) is 5.95. The number of hydrogen-bond acceptors (Lipinski definition) is 4. The van der Waals surface area contributed by atoms with Gasteiger partial charge in [-0.15, -0.1) is 0 Å². The van der Waals surface area contributed by atoms with E-state index in [1.165, 1.54) is 12.7 Å². The van der Waals surface area contributed by atoms with Crippen LogP contribution in [0, 0.1) is 6.92 Å². The van der Waals surface area contributed by atoms with E-state index in [-0.39, 0.29) is 17.4 Å². The number of rotatable bonds is 5. The van der Waals surface area contributed by atoms with Crippen molar-refractivity contribution in [1.82, 2.24) is 9.97 Å². The number of carbonyl (C=O) groups is 1. The van der Waals surface area contributed by atoms with Crippen LogP contribution in [0.3, 0.4) is 0 Å². The predicted molar refractivity (Wildman–Crippen MR) is 101 cm³/mol. The monoisotopic (exact) mass is 353 g/mol. The highest BCUT2D eigenvalue weighted by Crippen LogP contribution is 2.38. The number of ether oxygens (including phenoxy) is 1. The maximum Gasteiger partial charge on any atom is 0.269 e. The van der Waals surface area contributed by atoms with Crippen molar-refractivity contribution < 1.29 is 9.53 Å². The SMILES string of the molecule is COc1nc(C)c(=O)[nH]c1C[C@@H]1C(=O)Nc2c(CC=C(C)C)cccc21. The number of carbonyl (C=O) groups excluding carboxylic acids is 1. The molecule has 0 bridgehead atoms. The van der Waals surface area contributed by atoms with E-state index < -0.39 is 0 Å². The lowest BCUT2D eigenvalue weighted by Gasteiger charge is -2.12. The number of aryl methyl sites for hydroxylation is 1. The highest BCUT2D eigenvalue weighted by atomic mass is 16.5. The number of allylic oxidation sites excluding steroid dienone is 2. The molecule has 26 heavy (non-hydrogen) atoms. The molecule has 2 heterocycles. The van der Waals surface area contributed by atoms with Crippen LogP contribution in [0.5, 0.6) is 5.88 Å². The minimum Gasteiger partial charge on any atom is -0.480 e. The van der Waals surface area contributed by atoms with Gasteiger partial charge < -0.3 is 15.0 Å². The molecule has 0 saturated carbocycles. The zero-order chi connectivity index (χ0) is 18.8. The summed E-state index contributed by atoms with van der Waals surface area (Å²) in [5.41, 5.74) is 4.74. The van der Waals surface area contributed by atoms with Gasteiger partial charge in [0, 0.05) is 12.1 Å². The van der Waals surface area contributed by atoms with Gasteiger partial charge in [0.15, 0.2) is 0 Å². The molecule has 0 spiro atoms. The fourth-order valence-corrected chi connectivity index (χ4v) is 3.16. The first kappa shape index (κ1) is 17.9. The number of nitrogens with one attached hydrogen (secondary N) is 2. The lowest BCUT2D eigenvalue weighted by Crippen LogP contribution is -2.20. The fourth-order valence-electron chi connectivity index (χ4n) is 3.16. The molecule has 1 aromatic heterocycles. The van der Waals surface area contributed by atoms with E-state index in [0.717, 1.165) is 23.2 Å². The van der Waals surface area contributed by atoms with Crippen LogP contribution in [0.1, 0.15) is 42.3 Å². The summed E-state index contributed by atoms with van der Waals surface area (Å²) in [6.07, 6.45) is 3.24. The molecule has 6 nitrogen and oxygen atoms in total. The summed E-state index contributed by atoms with van der Waals surface area (Å²) >= 11 is 0. The first-order valence-electron chi connectivity index (χ1n) is 8.60. The topological polar surface area (TPSA) is 84.1 Å². The van der Waals surface area contributed by atoms with Crippen molar-refractivity contribution in [3.63, 3.8) is 0 Å². The smallest absolute Gasteiger partial charge is 0.269 e. The van der Waals surface area contributed by atoms with Crippen LogP contribution in [0.4, 0.5) is 5.69 Å². The second-order valence-corrected chi connectivity index (χ2v) is 6.75. The van der Waals surface area contributed by atoms with E-state index in [9.17, 15) is 9.59 Å². The van der Waals surface area contributed by atoms with Gasteiger partial charge in [0.25, 0.3) is 5.56 Å². The Morgan fingerprint density at radius 3 is 2.77 bits per heavy atom. The molecule has 3 rings (SSSR count). The minimum absolute atomic E-state index is 0.0758. The molecule has 0 radical (unpaired) electrons. The molecule has 6 heteroatoms. The molecular formula is C20H23N3O3. The molecule has 1 atom stereocenters. The number of H-pyrrole nitrogens is 1. The van der Waals surface area contributed by atoms with Gasteiger partial charge in [-0.1, -0.05) is 29.8 Å². The Kier molecular flexibility index (Phi) is 4.93. The number of hydrogen-bond donors (Lipinski definition) is 2. The number of aromatic amines is 1. The zero-order valence-corrected chi connectivity index (χ0v) is 15.5. The van der Waals surface area contributed by atoms with Crippen LogP contribution in [0.15, 0.2) is 34.6 Å². The highest BCUT2D eigenvalue weighted by Gasteiger charge is 2.33. The maximum absolute atomic E-state index is 12.6. The van der Waals surface area contributed by atoms with Crippen LogP contribution in [-0.4, -0.2) is 23.0 Å². The standard InChI is InChI=1S/C20H23N3O3/c1-11(2)8-9-13-6-5-7-14-15(19(25)23-17(13)14)10-16-20(26-4)21-12(3)18(24)22-16/h5-8,15H,9-10H2,1-4H3,(H,22,24)(H,23,25)/t15-/m0/s1. The largest absolute Gasteiger partial charge is 0.480 e. The fraction of sp³-hybridized carbons (Fsp3) is 0.350. The van der Waals surface area contributed by atoms with Gasteiger partial charge in [0.05, 0.1) is 18.7 Å². The normalized spacial score (nSPS) is 15.4. The van der Waals surface area contributed by atoms with E-state index in [1.807, 2.05) is 18.2 Å². The number of nitrogens with zero attached hydrogens (tertiary/aromatic N) is 1. The third kappa shape index (κ3) is 3.40. The Labute approximate surface area is 152 Å². The van der Waals surface area contributed by atoms with Crippen LogP contribution in [-0.2, 0) is 17.6 Å². The summed E-state index contributed by atoms with van der Waals surface area (Å²) in [6.45, 7) is 5.73. The minimum atomic E-state index is -0.384. The molecular weight excluding hydrogens is 330 g/mol. The van der Waals surface area contributed by atoms with Gasteiger partial charge in [-0.25, -0.2) is 4.98 Å². The Bertz CT molecular complexity index is 940. The Morgan fingerprint density at radius 2 is 2.08 bits per heavy atom. The third-order valence-corrected chi connectivity index (χ3v) is 4.58. The average molecular weight is 353 g/mol. The van der Waals surface area contributed by atoms with Gasteiger partial charge in [0.1, 0.15) is 5.69 Å². The van der Waals surface area contributed by atoms with Crippen LogP contribution in [0.25, 0.3) is 0 Å². The Hall–Kier alpha value is -2.89. The first-order valence-corrected chi connectivity index (χ1v) is 8.60. The summed E-state index contributed by atoms with van der Waals surface area (Å²) < 4.78 is 5.28. The molecule has 0 saturated heterocycles. The van der Waals surface area contributed by atoms with Crippen molar-refractivity contribution in [2.75, 3.05) is 12.4 Å². The molecule has 136 valence electrons. The Morgan fingerprint density at radius 1 is 1.31 bits per heavy atom. The van der Waals surface area contributed by atoms with E-state index in [0.29, 0.717) is 23.7 Å². The molecule has 1 aliphatic heterocycles. The van der Waals surface area contributed by atoms with Crippen LogP contribution < -0.4 is 15.6 Å². The van der Waals surface area contributed by atoms with Gasteiger partial charge in [-0.05, 0) is 38.3 Å². The lowest BCUT2D eigenvalue weighted by molar-refractivity contribution is -0.117. The van der Waals surface area contributed by atoms with Gasteiger partial charge in [0.2, 0.25) is 11.8 Å². The Balaban J connectivity index is 1.97. The van der Waals surface area contributed by atoms with Crippen molar-refractivity contribution in [2.24, 2.45) is 0 Å². The number of para-hydroxylation sites is 1. The second kappa shape index (κ2) is 7.15. The lowest BCUT2D eigenvalue weighted by atomic mass is 9.93. The van der Waals surface area contributed by atoms with Crippen molar-refractivity contribution in [1.29, 1.82) is 0 Å². The van der Waals surface area contributed by atoms with Gasteiger partial charge >= 0.3 is 0 Å². The van der Waals surface area contributed by atoms with Crippen LogP contribution in [0.2, 0.25) is 0 Å². The number of amides is 1. The summed E-state index contributed by atoms with van der Waals surface area (Å²) in [5.74, 6) is -0.108. The first-order chi connectivity index (χ1) is 12.4.